The highest BCUT2D eigenvalue weighted by atomic mass is 16.5. The van der Waals surface area contributed by atoms with Crippen molar-refractivity contribution in [2.24, 2.45) is 4.99 Å². The predicted molar refractivity (Wildman–Crippen MR) is 115 cm³/mol. The van der Waals surface area contributed by atoms with Crippen LogP contribution in [0.1, 0.15) is 30.1 Å². The van der Waals surface area contributed by atoms with Crippen molar-refractivity contribution in [1.82, 2.24) is 15.5 Å². The molecule has 6 nitrogen and oxygen atoms in total. The van der Waals surface area contributed by atoms with Gasteiger partial charge in [-0.05, 0) is 44.3 Å². The van der Waals surface area contributed by atoms with Gasteiger partial charge >= 0.3 is 0 Å². The van der Waals surface area contributed by atoms with E-state index in [2.05, 4.69) is 59.7 Å². The van der Waals surface area contributed by atoms with Crippen LogP contribution in [0.15, 0.2) is 53.5 Å². The highest BCUT2D eigenvalue weighted by Crippen LogP contribution is 2.31. The molecule has 0 saturated heterocycles. The molecule has 2 N–H and O–H groups in total. The molecule has 2 aromatic carbocycles. The Bertz CT molecular complexity index is 762. The van der Waals surface area contributed by atoms with E-state index in [-0.39, 0.29) is 12.1 Å². The number of hydrogen-bond donors (Lipinski definition) is 2. The average Bonchev–Trinajstić information content (AvgIpc) is 2.73. The first-order valence-corrected chi connectivity index (χ1v) is 9.40. The van der Waals surface area contributed by atoms with E-state index < -0.39 is 0 Å². The van der Waals surface area contributed by atoms with Crippen LogP contribution in [-0.2, 0) is 0 Å². The van der Waals surface area contributed by atoms with Gasteiger partial charge in [0.15, 0.2) is 17.5 Å². The normalized spacial score (nSPS) is 13.8. The monoisotopic (exact) mass is 384 g/mol. The van der Waals surface area contributed by atoms with E-state index >= 15 is 0 Å². The average molecular weight is 385 g/mol. The number of guanidine groups is 1. The fraction of sp³-hybridized carbons (Fsp3) is 0.409. The molecule has 2 rings (SSSR count). The summed E-state index contributed by atoms with van der Waals surface area (Å²) in [6, 6.07) is 16.7. The molecule has 0 heterocycles. The van der Waals surface area contributed by atoms with Gasteiger partial charge in [0.25, 0.3) is 0 Å². The maximum atomic E-state index is 5.46. The van der Waals surface area contributed by atoms with Crippen LogP contribution >= 0.6 is 0 Å². The molecule has 0 spiro atoms. The van der Waals surface area contributed by atoms with Gasteiger partial charge in [-0.15, -0.1) is 0 Å². The number of hydrogen-bond acceptors (Lipinski definition) is 4. The summed E-state index contributed by atoms with van der Waals surface area (Å²) in [6.07, 6.45) is 0. The van der Waals surface area contributed by atoms with E-state index in [1.165, 1.54) is 5.56 Å². The molecule has 0 radical (unpaired) electrons. The number of nitrogens with zero attached hydrogens (tertiary/aromatic N) is 2. The molecule has 2 unspecified atom stereocenters. The van der Waals surface area contributed by atoms with E-state index in [1.54, 1.807) is 21.3 Å². The Kier molecular flexibility index (Phi) is 8.14. The highest BCUT2D eigenvalue weighted by molar-refractivity contribution is 5.80. The maximum Gasteiger partial charge on any atom is 0.191 e. The topological polar surface area (TPSA) is 58.1 Å². The smallest absolute Gasteiger partial charge is 0.191 e. The van der Waals surface area contributed by atoms with Crippen molar-refractivity contribution in [3.05, 3.63) is 59.7 Å². The predicted octanol–water partition coefficient (Wildman–Crippen LogP) is 3.23. The lowest BCUT2D eigenvalue weighted by atomic mass is 10.1. The van der Waals surface area contributed by atoms with Crippen LogP contribution in [0.4, 0.5) is 0 Å². The van der Waals surface area contributed by atoms with Crippen LogP contribution < -0.4 is 20.1 Å². The number of benzene rings is 2. The second-order valence-corrected chi connectivity index (χ2v) is 6.82. The lowest BCUT2D eigenvalue weighted by Crippen LogP contribution is -2.42. The van der Waals surface area contributed by atoms with E-state index in [0.717, 1.165) is 23.0 Å². The molecule has 6 heteroatoms. The summed E-state index contributed by atoms with van der Waals surface area (Å²) in [4.78, 5) is 6.54. The minimum absolute atomic E-state index is 0.144. The first-order valence-electron chi connectivity index (χ1n) is 9.40. The third-order valence-corrected chi connectivity index (χ3v) is 4.75. The van der Waals surface area contributed by atoms with Crippen molar-refractivity contribution in [2.75, 3.05) is 41.9 Å². The number of ether oxygens (including phenoxy) is 2. The number of aliphatic imine (C=N–C) groups is 1. The molecular formula is C22H32N4O2. The molecule has 152 valence electrons. The van der Waals surface area contributed by atoms with Crippen LogP contribution in [0.3, 0.4) is 0 Å². The van der Waals surface area contributed by atoms with Crippen LogP contribution in [0.25, 0.3) is 0 Å². The minimum atomic E-state index is 0.144. The largest absolute Gasteiger partial charge is 0.493 e. The van der Waals surface area contributed by atoms with E-state index in [4.69, 9.17) is 9.47 Å². The minimum Gasteiger partial charge on any atom is -0.493 e. The fourth-order valence-corrected chi connectivity index (χ4v) is 3.08. The quantitative estimate of drug-likeness (QED) is 0.541. The standard InChI is InChI=1S/C22H32N4O2/c1-16(17-10-8-7-9-11-17)25-22(23-2)24-15-19(26(3)4)18-12-13-20(27-5)21(14-18)28-6/h7-14,16,19H,15H2,1-6H3,(H2,23,24,25). The molecule has 0 bridgehead atoms. The molecule has 2 atom stereocenters. The molecule has 0 saturated carbocycles. The van der Waals surface area contributed by atoms with Crippen molar-refractivity contribution in [3.8, 4) is 11.5 Å². The summed E-state index contributed by atoms with van der Waals surface area (Å²) in [5, 5.41) is 6.89. The molecule has 0 amide bonds. The lowest BCUT2D eigenvalue weighted by molar-refractivity contribution is 0.295. The van der Waals surface area contributed by atoms with Crippen molar-refractivity contribution < 1.29 is 9.47 Å². The van der Waals surface area contributed by atoms with Gasteiger partial charge < -0.3 is 25.0 Å². The Morgan fingerprint density at radius 3 is 2.25 bits per heavy atom. The van der Waals surface area contributed by atoms with Crippen LogP contribution in [0.5, 0.6) is 11.5 Å². The lowest BCUT2D eigenvalue weighted by Gasteiger charge is -2.27. The van der Waals surface area contributed by atoms with Gasteiger partial charge in [0.2, 0.25) is 0 Å². The summed E-state index contributed by atoms with van der Waals surface area (Å²) in [5.41, 5.74) is 2.36. The Balaban J connectivity index is 2.07. The second-order valence-electron chi connectivity index (χ2n) is 6.82. The van der Waals surface area contributed by atoms with Gasteiger partial charge in [0, 0.05) is 13.6 Å². The zero-order valence-corrected chi connectivity index (χ0v) is 17.7. The first kappa shape index (κ1) is 21.6. The third-order valence-electron chi connectivity index (χ3n) is 4.75. The van der Waals surface area contributed by atoms with Crippen molar-refractivity contribution in [1.29, 1.82) is 0 Å². The zero-order valence-electron chi connectivity index (χ0n) is 17.7. The third kappa shape index (κ3) is 5.63. The van der Waals surface area contributed by atoms with E-state index in [1.807, 2.05) is 30.3 Å². The molecule has 0 fully saturated rings. The SMILES string of the molecule is CN=C(NCC(c1ccc(OC)c(OC)c1)N(C)C)NC(C)c1ccccc1. The summed E-state index contributed by atoms with van der Waals surface area (Å²) in [7, 11) is 9.21. The van der Waals surface area contributed by atoms with Crippen molar-refractivity contribution in [3.63, 3.8) is 0 Å². The molecule has 0 aliphatic carbocycles. The van der Waals surface area contributed by atoms with Crippen molar-refractivity contribution >= 4 is 5.96 Å². The summed E-state index contributed by atoms with van der Waals surface area (Å²) >= 11 is 0. The van der Waals surface area contributed by atoms with Crippen molar-refractivity contribution in [2.45, 2.75) is 19.0 Å². The van der Waals surface area contributed by atoms with Gasteiger partial charge in [0.1, 0.15) is 0 Å². The number of nitrogens with one attached hydrogen (secondary N) is 2. The van der Waals surface area contributed by atoms with Gasteiger partial charge in [0.05, 0.1) is 26.3 Å². The fourth-order valence-electron chi connectivity index (χ4n) is 3.08. The van der Waals surface area contributed by atoms with E-state index in [0.29, 0.717) is 6.54 Å². The highest BCUT2D eigenvalue weighted by Gasteiger charge is 2.18. The Morgan fingerprint density at radius 2 is 1.68 bits per heavy atom. The van der Waals surface area contributed by atoms with Gasteiger partial charge in [-0.3, -0.25) is 4.99 Å². The Labute approximate surface area is 168 Å². The summed E-state index contributed by atoms with van der Waals surface area (Å²) < 4.78 is 10.8. The molecule has 0 aliphatic rings. The second kappa shape index (κ2) is 10.6. The van der Waals surface area contributed by atoms with Gasteiger partial charge in [-0.2, -0.15) is 0 Å². The van der Waals surface area contributed by atoms with E-state index in [9.17, 15) is 0 Å². The number of methoxy groups -OCH3 is 2. The van der Waals surface area contributed by atoms with Crippen LogP contribution in [-0.4, -0.2) is 52.8 Å². The maximum absolute atomic E-state index is 5.46. The number of rotatable bonds is 8. The summed E-state index contributed by atoms with van der Waals surface area (Å²) in [6.45, 7) is 2.82. The molecule has 28 heavy (non-hydrogen) atoms. The molecule has 0 aliphatic heterocycles. The molecule has 2 aromatic rings. The van der Waals surface area contributed by atoms with Gasteiger partial charge in [-0.25, -0.2) is 0 Å². The Morgan fingerprint density at radius 1 is 1.00 bits per heavy atom. The zero-order chi connectivity index (χ0) is 20.5. The first-order chi connectivity index (χ1) is 13.5. The number of likely N-dealkylation sites (N-methyl/N-ethyl adjacent to an activating group) is 1. The van der Waals surface area contributed by atoms with Crippen LogP contribution in [0, 0.1) is 0 Å². The van der Waals surface area contributed by atoms with Crippen LogP contribution in [0.2, 0.25) is 0 Å². The molecule has 0 aromatic heterocycles. The molecular weight excluding hydrogens is 352 g/mol. The Hall–Kier alpha value is -2.73. The van der Waals surface area contributed by atoms with Gasteiger partial charge in [-0.1, -0.05) is 36.4 Å². The summed E-state index contributed by atoms with van der Waals surface area (Å²) in [5.74, 6) is 2.22.